The van der Waals surface area contributed by atoms with Gasteiger partial charge in [-0.15, -0.1) is 0 Å². The van der Waals surface area contributed by atoms with E-state index in [9.17, 15) is 4.79 Å². The molecular formula is C15H17N3O3. The first kappa shape index (κ1) is 13.6. The minimum absolute atomic E-state index is 0.0449. The highest BCUT2D eigenvalue weighted by atomic mass is 16.5. The maximum absolute atomic E-state index is 12.2. The Morgan fingerprint density at radius 3 is 3.05 bits per heavy atom. The van der Waals surface area contributed by atoms with Crippen LogP contribution < -0.4 is 9.64 Å². The average molecular weight is 287 g/mol. The summed E-state index contributed by atoms with van der Waals surface area (Å²) in [7, 11) is 1.61. The standard InChI is InChI=1S/C15H17N3O3/c1-3-13-16-15(21-17-13)10-7-14(19)18(9-10)11-5-4-6-12(8-11)20-2/h4-6,8,10H,3,7,9H2,1-2H3. The van der Waals surface area contributed by atoms with Gasteiger partial charge in [-0.25, -0.2) is 0 Å². The zero-order chi connectivity index (χ0) is 14.8. The Morgan fingerprint density at radius 1 is 1.48 bits per heavy atom. The summed E-state index contributed by atoms with van der Waals surface area (Å²) >= 11 is 0. The second-order valence-electron chi connectivity index (χ2n) is 5.01. The molecule has 6 nitrogen and oxygen atoms in total. The monoisotopic (exact) mass is 287 g/mol. The summed E-state index contributed by atoms with van der Waals surface area (Å²) in [5.41, 5.74) is 0.831. The number of benzene rings is 1. The minimum Gasteiger partial charge on any atom is -0.497 e. The molecule has 0 N–H and O–H groups in total. The van der Waals surface area contributed by atoms with Gasteiger partial charge in [0.15, 0.2) is 5.82 Å². The first-order valence-corrected chi connectivity index (χ1v) is 6.98. The van der Waals surface area contributed by atoms with Crippen molar-refractivity contribution in [3.05, 3.63) is 36.0 Å². The molecule has 1 aromatic heterocycles. The topological polar surface area (TPSA) is 68.5 Å². The van der Waals surface area contributed by atoms with Crippen LogP contribution >= 0.6 is 0 Å². The van der Waals surface area contributed by atoms with Gasteiger partial charge in [-0.1, -0.05) is 18.1 Å². The molecule has 1 aromatic carbocycles. The third kappa shape index (κ3) is 2.61. The van der Waals surface area contributed by atoms with Gasteiger partial charge < -0.3 is 14.2 Å². The van der Waals surface area contributed by atoms with E-state index in [-0.39, 0.29) is 11.8 Å². The van der Waals surface area contributed by atoms with Crippen LogP contribution in [0, 0.1) is 0 Å². The number of aryl methyl sites for hydroxylation is 1. The molecule has 1 aliphatic rings. The van der Waals surface area contributed by atoms with E-state index in [4.69, 9.17) is 9.26 Å². The van der Waals surface area contributed by atoms with Gasteiger partial charge >= 0.3 is 0 Å². The Bertz CT molecular complexity index is 653. The van der Waals surface area contributed by atoms with E-state index in [0.29, 0.717) is 24.7 Å². The molecule has 3 rings (SSSR count). The summed E-state index contributed by atoms with van der Waals surface area (Å²) in [6.07, 6.45) is 1.12. The summed E-state index contributed by atoms with van der Waals surface area (Å²) < 4.78 is 10.5. The quantitative estimate of drug-likeness (QED) is 0.862. The summed E-state index contributed by atoms with van der Waals surface area (Å²) in [6.45, 7) is 2.52. The van der Waals surface area contributed by atoms with Gasteiger partial charge in [0.1, 0.15) is 5.75 Å². The van der Waals surface area contributed by atoms with Crippen molar-refractivity contribution in [2.45, 2.75) is 25.7 Å². The van der Waals surface area contributed by atoms with Crippen molar-refractivity contribution in [3.8, 4) is 5.75 Å². The highest BCUT2D eigenvalue weighted by Crippen LogP contribution is 2.32. The number of hydrogen-bond acceptors (Lipinski definition) is 5. The first-order valence-electron chi connectivity index (χ1n) is 6.98. The molecule has 0 aliphatic carbocycles. The highest BCUT2D eigenvalue weighted by Gasteiger charge is 2.35. The molecule has 6 heteroatoms. The smallest absolute Gasteiger partial charge is 0.232 e. The van der Waals surface area contributed by atoms with Crippen LogP contribution in [0.15, 0.2) is 28.8 Å². The number of anilines is 1. The van der Waals surface area contributed by atoms with Gasteiger partial charge in [0, 0.05) is 31.1 Å². The molecule has 0 saturated carbocycles. The maximum Gasteiger partial charge on any atom is 0.232 e. The summed E-state index contributed by atoms with van der Waals surface area (Å²) in [5, 5.41) is 3.89. The lowest BCUT2D eigenvalue weighted by atomic mass is 10.1. The van der Waals surface area contributed by atoms with E-state index >= 15 is 0 Å². The molecule has 1 amide bonds. The van der Waals surface area contributed by atoms with Crippen LogP contribution in [0.25, 0.3) is 0 Å². The number of carbonyl (C=O) groups excluding carboxylic acids is 1. The molecule has 0 bridgehead atoms. The molecule has 21 heavy (non-hydrogen) atoms. The van der Waals surface area contributed by atoms with Crippen molar-refractivity contribution in [2.75, 3.05) is 18.6 Å². The number of ether oxygens (including phenoxy) is 1. The van der Waals surface area contributed by atoms with Crippen LogP contribution in [-0.4, -0.2) is 29.7 Å². The molecule has 2 aromatic rings. The molecule has 0 spiro atoms. The highest BCUT2D eigenvalue weighted by molar-refractivity contribution is 5.96. The number of methoxy groups -OCH3 is 1. The minimum atomic E-state index is -0.0449. The number of amides is 1. The van der Waals surface area contributed by atoms with Crippen molar-refractivity contribution >= 4 is 11.6 Å². The van der Waals surface area contributed by atoms with E-state index in [2.05, 4.69) is 10.1 Å². The first-order chi connectivity index (χ1) is 10.2. The third-order valence-corrected chi connectivity index (χ3v) is 3.64. The number of aromatic nitrogens is 2. The van der Waals surface area contributed by atoms with Gasteiger partial charge in [0.25, 0.3) is 0 Å². The van der Waals surface area contributed by atoms with Gasteiger partial charge in [-0.3, -0.25) is 4.79 Å². The van der Waals surface area contributed by atoms with E-state index in [1.54, 1.807) is 12.0 Å². The predicted molar refractivity (Wildman–Crippen MR) is 76.4 cm³/mol. The lowest BCUT2D eigenvalue weighted by Gasteiger charge is -2.16. The molecule has 1 atom stereocenters. The maximum atomic E-state index is 12.2. The summed E-state index contributed by atoms with van der Waals surface area (Å²) in [4.78, 5) is 18.3. The fourth-order valence-electron chi connectivity index (χ4n) is 2.48. The van der Waals surface area contributed by atoms with Gasteiger partial charge in [-0.05, 0) is 12.1 Å². The molecular weight excluding hydrogens is 270 g/mol. The molecule has 2 heterocycles. The van der Waals surface area contributed by atoms with Crippen LogP contribution in [0.1, 0.15) is 31.0 Å². The molecule has 110 valence electrons. The third-order valence-electron chi connectivity index (χ3n) is 3.64. The molecule has 1 unspecified atom stereocenters. The number of carbonyl (C=O) groups is 1. The van der Waals surface area contributed by atoms with Crippen LogP contribution in [0.3, 0.4) is 0 Å². The van der Waals surface area contributed by atoms with Crippen LogP contribution in [0.4, 0.5) is 5.69 Å². The van der Waals surface area contributed by atoms with E-state index in [1.807, 2.05) is 31.2 Å². The lowest BCUT2D eigenvalue weighted by Crippen LogP contribution is -2.24. The van der Waals surface area contributed by atoms with Crippen molar-refractivity contribution < 1.29 is 14.1 Å². The molecule has 0 radical (unpaired) electrons. The van der Waals surface area contributed by atoms with Crippen molar-refractivity contribution in [1.29, 1.82) is 0 Å². The van der Waals surface area contributed by atoms with E-state index in [0.717, 1.165) is 17.9 Å². The van der Waals surface area contributed by atoms with E-state index < -0.39 is 0 Å². The fraction of sp³-hybridized carbons (Fsp3) is 0.400. The van der Waals surface area contributed by atoms with Gasteiger partial charge in [0.05, 0.1) is 13.0 Å². The molecule has 1 fully saturated rings. The van der Waals surface area contributed by atoms with Crippen LogP contribution in [0.5, 0.6) is 5.75 Å². The Kier molecular flexibility index (Phi) is 3.60. The van der Waals surface area contributed by atoms with Gasteiger partial charge in [-0.2, -0.15) is 4.98 Å². The normalized spacial score (nSPS) is 18.3. The van der Waals surface area contributed by atoms with Gasteiger partial charge in [0.2, 0.25) is 11.8 Å². The molecule has 1 saturated heterocycles. The second kappa shape index (κ2) is 5.55. The lowest BCUT2D eigenvalue weighted by molar-refractivity contribution is -0.117. The Hall–Kier alpha value is -2.37. The summed E-state index contributed by atoms with van der Waals surface area (Å²) in [6, 6.07) is 7.48. The van der Waals surface area contributed by atoms with Crippen LogP contribution in [0.2, 0.25) is 0 Å². The Labute approximate surface area is 122 Å². The van der Waals surface area contributed by atoms with E-state index in [1.165, 1.54) is 0 Å². The van der Waals surface area contributed by atoms with Crippen LogP contribution in [-0.2, 0) is 11.2 Å². The summed E-state index contributed by atoms with van der Waals surface area (Å²) in [5.74, 6) is 1.97. The van der Waals surface area contributed by atoms with Crippen molar-refractivity contribution in [1.82, 2.24) is 10.1 Å². The number of rotatable bonds is 4. The fourth-order valence-corrected chi connectivity index (χ4v) is 2.48. The van der Waals surface area contributed by atoms with Crippen molar-refractivity contribution in [3.63, 3.8) is 0 Å². The SMILES string of the molecule is CCc1noc(C2CC(=O)N(c3cccc(OC)c3)C2)n1. The average Bonchev–Trinajstić information content (AvgIpc) is 3.13. The Morgan fingerprint density at radius 2 is 2.33 bits per heavy atom. The second-order valence-corrected chi connectivity index (χ2v) is 5.01. The zero-order valence-corrected chi connectivity index (χ0v) is 12.1. The number of hydrogen-bond donors (Lipinski definition) is 0. The van der Waals surface area contributed by atoms with Crippen molar-refractivity contribution in [2.24, 2.45) is 0 Å². The number of nitrogens with zero attached hydrogens (tertiary/aromatic N) is 3. The Balaban J connectivity index is 1.80. The predicted octanol–water partition coefficient (Wildman–Crippen LogP) is 2.16. The largest absolute Gasteiger partial charge is 0.497 e. The zero-order valence-electron chi connectivity index (χ0n) is 12.1. The molecule has 1 aliphatic heterocycles.